The number of aromatic nitrogens is 2. The predicted octanol–water partition coefficient (Wildman–Crippen LogP) is 3.59. The maximum atomic E-state index is 13.5. The minimum atomic E-state index is -0.433. The van der Waals surface area contributed by atoms with E-state index >= 15 is 0 Å². The van der Waals surface area contributed by atoms with Crippen molar-refractivity contribution in [3.05, 3.63) is 46.6 Å². The molecule has 0 aliphatic heterocycles. The summed E-state index contributed by atoms with van der Waals surface area (Å²) in [6.45, 7) is 0. The van der Waals surface area contributed by atoms with Crippen molar-refractivity contribution < 1.29 is 4.39 Å². The Balaban J connectivity index is 2.54. The Hall–Kier alpha value is -1.19. The molecule has 0 saturated carbocycles. The van der Waals surface area contributed by atoms with Crippen LogP contribution in [0.4, 0.5) is 4.39 Å². The van der Waals surface area contributed by atoms with Crippen LogP contribution in [0, 0.1) is 5.82 Å². The van der Waals surface area contributed by atoms with Gasteiger partial charge in [-0.15, -0.1) is 0 Å². The lowest BCUT2D eigenvalue weighted by Gasteiger charge is -2.02. The average molecular weight is 243 g/mol. The second kappa shape index (κ2) is 4.13. The van der Waals surface area contributed by atoms with Gasteiger partial charge in [0.25, 0.3) is 0 Å². The summed E-state index contributed by atoms with van der Waals surface area (Å²) in [6, 6.07) is 5.96. The smallest absolute Gasteiger partial charge is 0.222 e. The lowest BCUT2D eigenvalue weighted by atomic mass is 10.1. The van der Waals surface area contributed by atoms with Crippen LogP contribution in [-0.2, 0) is 0 Å². The molecule has 76 valence electrons. The third kappa shape index (κ3) is 2.25. The van der Waals surface area contributed by atoms with E-state index in [1.54, 1.807) is 18.2 Å². The molecule has 0 bridgehead atoms. The van der Waals surface area contributed by atoms with Gasteiger partial charge in [0.05, 0.1) is 5.69 Å². The first-order chi connectivity index (χ1) is 7.16. The lowest BCUT2D eigenvalue weighted by Crippen LogP contribution is -1.89. The van der Waals surface area contributed by atoms with Gasteiger partial charge in [-0.25, -0.2) is 14.4 Å². The molecule has 0 spiro atoms. The number of nitrogens with zero attached hydrogens (tertiary/aromatic N) is 2. The van der Waals surface area contributed by atoms with Gasteiger partial charge in [0.15, 0.2) is 0 Å². The zero-order valence-corrected chi connectivity index (χ0v) is 8.93. The van der Waals surface area contributed by atoms with Gasteiger partial charge >= 0.3 is 0 Å². The van der Waals surface area contributed by atoms with E-state index in [0.29, 0.717) is 16.3 Å². The van der Waals surface area contributed by atoms with Gasteiger partial charge in [0.1, 0.15) is 5.82 Å². The molecule has 0 radical (unpaired) electrons. The van der Waals surface area contributed by atoms with Crippen molar-refractivity contribution in [2.75, 3.05) is 0 Å². The van der Waals surface area contributed by atoms with Crippen molar-refractivity contribution in [2.24, 2.45) is 0 Å². The molecule has 1 aromatic carbocycles. The normalized spacial score (nSPS) is 10.3. The number of halogens is 3. The molecule has 1 aromatic heterocycles. The number of benzene rings is 1. The first-order valence-electron chi connectivity index (χ1n) is 4.11. The second-order valence-corrected chi connectivity index (χ2v) is 3.61. The van der Waals surface area contributed by atoms with Gasteiger partial charge in [-0.05, 0) is 35.9 Å². The molecule has 0 fully saturated rings. The van der Waals surface area contributed by atoms with Crippen molar-refractivity contribution in [2.45, 2.75) is 0 Å². The number of hydrogen-bond acceptors (Lipinski definition) is 2. The van der Waals surface area contributed by atoms with Crippen LogP contribution in [-0.4, -0.2) is 9.97 Å². The zero-order valence-electron chi connectivity index (χ0n) is 7.42. The van der Waals surface area contributed by atoms with Crippen LogP contribution in [0.5, 0.6) is 0 Å². The van der Waals surface area contributed by atoms with E-state index in [1.165, 1.54) is 12.3 Å². The highest BCUT2D eigenvalue weighted by molar-refractivity contribution is 6.30. The minimum Gasteiger partial charge on any atom is -0.226 e. The molecule has 0 aliphatic carbocycles. The van der Waals surface area contributed by atoms with Crippen LogP contribution in [0.25, 0.3) is 11.3 Å². The Morgan fingerprint density at radius 1 is 1.13 bits per heavy atom. The van der Waals surface area contributed by atoms with E-state index in [9.17, 15) is 4.39 Å². The third-order valence-electron chi connectivity index (χ3n) is 1.83. The van der Waals surface area contributed by atoms with Gasteiger partial charge in [0.2, 0.25) is 5.28 Å². The van der Waals surface area contributed by atoms with E-state index in [4.69, 9.17) is 23.2 Å². The van der Waals surface area contributed by atoms with Crippen LogP contribution in [0.15, 0.2) is 30.5 Å². The molecule has 1 heterocycles. The fraction of sp³-hybridized carbons (Fsp3) is 0. The van der Waals surface area contributed by atoms with Gasteiger partial charge in [0, 0.05) is 16.8 Å². The molecule has 15 heavy (non-hydrogen) atoms. The Labute approximate surface area is 95.7 Å². The molecule has 0 aliphatic rings. The summed E-state index contributed by atoms with van der Waals surface area (Å²) in [6.07, 6.45) is 1.47. The molecular weight excluding hydrogens is 238 g/mol. The van der Waals surface area contributed by atoms with Gasteiger partial charge in [-0.3, -0.25) is 0 Å². The maximum absolute atomic E-state index is 13.5. The first kappa shape index (κ1) is 10.3. The Bertz CT molecular complexity index is 503. The monoisotopic (exact) mass is 242 g/mol. The topological polar surface area (TPSA) is 25.8 Å². The summed E-state index contributed by atoms with van der Waals surface area (Å²) in [5, 5.41) is 0.429. The molecule has 0 atom stereocenters. The SMILES string of the molecule is Fc1cc(Cl)ccc1-c1ccnc(Cl)n1. The van der Waals surface area contributed by atoms with Crippen molar-refractivity contribution in [1.82, 2.24) is 9.97 Å². The van der Waals surface area contributed by atoms with Crippen LogP contribution in [0.2, 0.25) is 10.3 Å². The largest absolute Gasteiger partial charge is 0.226 e. The Kier molecular flexibility index (Phi) is 2.84. The van der Waals surface area contributed by atoms with Crippen molar-refractivity contribution in [1.29, 1.82) is 0 Å². The van der Waals surface area contributed by atoms with E-state index < -0.39 is 5.82 Å². The quantitative estimate of drug-likeness (QED) is 0.715. The number of hydrogen-bond donors (Lipinski definition) is 0. The summed E-state index contributed by atoms with van der Waals surface area (Å²) in [4.78, 5) is 7.62. The maximum Gasteiger partial charge on any atom is 0.222 e. The van der Waals surface area contributed by atoms with Crippen LogP contribution in [0.1, 0.15) is 0 Å². The van der Waals surface area contributed by atoms with Crippen molar-refractivity contribution >= 4 is 23.2 Å². The Morgan fingerprint density at radius 2 is 1.93 bits per heavy atom. The van der Waals surface area contributed by atoms with E-state index in [2.05, 4.69) is 9.97 Å². The highest BCUT2D eigenvalue weighted by atomic mass is 35.5. The molecule has 0 N–H and O–H groups in total. The van der Waals surface area contributed by atoms with E-state index in [0.717, 1.165) is 0 Å². The molecule has 2 aromatic rings. The summed E-state index contributed by atoms with van der Waals surface area (Å²) >= 11 is 11.2. The fourth-order valence-corrected chi connectivity index (χ4v) is 1.49. The van der Waals surface area contributed by atoms with Crippen molar-refractivity contribution in [3.63, 3.8) is 0 Å². The summed E-state index contributed by atoms with van der Waals surface area (Å²) < 4.78 is 13.5. The average Bonchev–Trinajstić information content (AvgIpc) is 2.17. The molecule has 0 saturated heterocycles. The van der Waals surface area contributed by atoms with Crippen molar-refractivity contribution in [3.8, 4) is 11.3 Å². The van der Waals surface area contributed by atoms with Gasteiger partial charge in [-0.2, -0.15) is 0 Å². The van der Waals surface area contributed by atoms with Crippen LogP contribution >= 0.6 is 23.2 Å². The lowest BCUT2D eigenvalue weighted by molar-refractivity contribution is 0.631. The van der Waals surface area contributed by atoms with Crippen LogP contribution < -0.4 is 0 Å². The summed E-state index contributed by atoms with van der Waals surface area (Å²) in [5.41, 5.74) is 0.785. The fourth-order valence-electron chi connectivity index (χ4n) is 1.18. The molecule has 5 heteroatoms. The second-order valence-electron chi connectivity index (χ2n) is 2.84. The van der Waals surface area contributed by atoms with Gasteiger partial charge in [-0.1, -0.05) is 11.6 Å². The molecule has 0 amide bonds. The highest BCUT2D eigenvalue weighted by Gasteiger charge is 2.07. The first-order valence-corrected chi connectivity index (χ1v) is 4.86. The molecule has 2 nitrogen and oxygen atoms in total. The predicted molar refractivity (Wildman–Crippen MR) is 57.4 cm³/mol. The molecular formula is C10H5Cl2FN2. The van der Waals surface area contributed by atoms with Gasteiger partial charge < -0.3 is 0 Å². The standard InChI is InChI=1S/C10H5Cl2FN2/c11-6-1-2-7(8(13)5-6)9-3-4-14-10(12)15-9/h1-5H. The molecule has 2 rings (SSSR count). The summed E-state index contributed by atoms with van der Waals surface area (Å²) in [7, 11) is 0. The van der Waals surface area contributed by atoms with E-state index in [-0.39, 0.29) is 5.28 Å². The van der Waals surface area contributed by atoms with E-state index in [1.807, 2.05) is 0 Å². The molecule has 0 unspecified atom stereocenters. The third-order valence-corrected chi connectivity index (χ3v) is 2.25. The highest BCUT2D eigenvalue weighted by Crippen LogP contribution is 2.23. The number of rotatable bonds is 1. The summed E-state index contributed by atoms with van der Waals surface area (Å²) in [5.74, 6) is -0.433. The van der Waals surface area contributed by atoms with Crippen LogP contribution in [0.3, 0.4) is 0 Å². The zero-order chi connectivity index (χ0) is 10.8. The minimum absolute atomic E-state index is 0.0850. The Morgan fingerprint density at radius 3 is 2.60 bits per heavy atom.